The Hall–Kier alpha value is -3.29. The monoisotopic (exact) mass is 497 g/mol. The van der Waals surface area contributed by atoms with Gasteiger partial charge in [-0.05, 0) is 86.6 Å². The van der Waals surface area contributed by atoms with E-state index in [0.717, 1.165) is 47.8 Å². The van der Waals surface area contributed by atoms with E-state index in [4.69, 9.17) is 4.98 Å². The highest BCUT2D eigenvalue weighted by Gasteiger charge is 2.28. The van der Waals surface area contributed by atoms with Crippen LogP contribution in [0.4, 0.5) is 11.6 Å². The maximum atomic E-state index is 13.1. The van der Waals surface area contributed by atoms with Gasteiger partial charge in [0, 0.05) is 41.3 Å². The minimum Gasteiger partial charge on any atom is -0.339 e. The number of piperidine rings is 2. The maximum Gasteiger partial charge on any atom is 0.253 e. The predicted octanol–water partition coefficient (Wildman–Crippen LogP) is 6.19. The zero-order valence-electron chi connectivity index (χ0n) is 20.4. The molecular formula is C29H31N5OS. The number of thiophene rings is 1. The van der Waals surface area contributed by atoms with Crippen molar-refractivity contribution in [1.82, 2.24) is 19.8 Å². The van der Waals surface area contributed by atoms with Crippen LogP contribution >= 0.6 is 11.3 Å². The molecule has 2 aromatic heterocycles. The third-order valence-electron chi connectivity index (χ3n) is 7.38. The molecule has 4 aromatic rings. The number of nitrogens with zero attached hydrogens (tertiary/aromatic N) is 4. The lowest BCUT2D eigenvalue weighted by Gasteiger charge is -2.40. The molecule has 0 bridgehead atoms. The number of aromatic nitrogens is 2. The Morgan fingerprint density at radius 3 is 2.47 bits per heavy atom. The summed E-state index contributed by atoms with van der Waals surface area (Å²) in [5.41, 5.74) is 2.49. The minimum atomic E-state index is 0.127. The number of hydrogen-bond donors (Lipinski definition) is 1. The first kappa shape index (κ1) is 23.1. The maximum absolute atomic E-state index is 13.1. The number of hydrogen-bond acceptors (Lipinski definition) is 6. The molecule has 0 aliphatic carbocycles. The summed E-state index contributed by atoms with van der Waals surface area (Å²) >= 11 is 1.73. The highest BCUT2D eigenvalue weighted by Crippen LogP contribution is 2.32. The highest BCUT2D eigenvalue weighted by molar-refractivity contribution is 7.22. The van der Waals surface area contributed by atoms with Gasteiger partial charge in [0.15, 0.2) is 0 Å². The SMILES string of the molecule is O=C(c1ccc(Nc2nccc(-c3cc4ccccc4s3)n2)cc1)N1CCC(N2CCCCC2)CC1. The Morgan fingerprint density at radius 1 is 0.917 bits per heavy atom. The summed E-state index contributed by atoms with van der Waals surface area (Å²) < 4.78 is 1.25. The largest absolute Gasteiger partial charge is 0.339 e. The summed E-state index contributed by atoms with van der Waals surface area (Å²) in [4.78, 5) is 28.0. The summed E-state index contributed by atoms with van der Waals surface area (Å²) in [7, 11) is 0. The molecule has 6 nitrogen and oxygen atoms in total. The number of anilines is 2. The second-order valence-electron chi connectivity index (χ2n) is 9.74. The number of rotatable bonds is 5. The van der Waals surface area contributed by atoms with Crippen LogP contribution < -0.4 is 5.32 Å². The van der Waals surface area contributed by atoms with Crippen LogP contribution in [0, 0.1) is 0 Å². The van der Waals surface area contributed by atoms with E-state index in [1.807, 2.05) is 35.2 Å². The fourth-order valence-corrected chi connectivity index (χ4v) is 6.42. The summed E-state index contributed by atoms with van der Waals surface area (Å²) in [6.07, 6.45) is 7.94. The van der Waals surface area contributed by atoms with Gasteiger partial charge in [0.2, 0.25) is 5.95 Å². The molecule has 0 unspecified atom stereocenters. The second-order valence-corrected chi connectivity index (χ2v) is 10.8. The zero-order chi connectivity index (χ0) is 24.3. The van der Waals surface area contributed by atoms with Crippen LogP contribution in [0.2, 0.25) is 0 Å². The highest BCUT2D eigenvalue weighted by atomic mass is 32.1. The lowest BCUT2D eigenvalue weighted by molar-refractivity contribution is 0.0590. The minimum absolute atomic E-state index is 0.127. The van der Waals surface area contributed by atoms with Crippen molar-refractivity contribution in [3.8, 4) is 10.6 Å². The first-order valence-electron chi connectivity index (χ1n) is 13.0. The first-order valence-corrected chi connectivity index (χ1v) is 13.8. The van der Waals surface area contributed by atoms with Crippen LogP contribution in [0.5, 0.6) is 0 Å². The normalized spacial score (nSPS) is 17.4. The van der Waals surface area contributed by atoms with Gasteiger partial charge in [-0.25, -0.2) is 9.97 Å². The van der Waals surface area contributed by atoms with Crippen LogP contribution in [0.15, 0.2) is 66.9 Å². The van der Waals surface area contributed by atoms with E-state index in [1.165, 1.54) is 42.4 Å². The van der Waals surface area contributed by atoms with Gasteiger partial charge in [0.25, 0.3) is 5.91 Å². The number of carbonyl (C=O) groups excluding carboxylic acids is 1. The fraction of sp³-hybridized carbons (Fsp3) is 0.345. The fourth-order valence-electron chi connectivity index (χ4n) is 5.39. The Balaban J connectivity index is 1.08. The van der Waals surface area contributed by atoms with Crippen molar-refractivity contribution in [2.24, 2.45) is 0 Å². The van der Waals surface area contributed by atoms with Gasteiger partial charge in [0.05, 0.1) is 10.6 Å². The van der Waals surface area contributed by atoms with Crippen molar-refractivity contribution in [3.63, 3.8) is 0 Å². The van der Waals surface area contributed by atoms with E-state index in [9.17, 15) is 4.79 Å². The van der Waals surface area contributed by atoms with Gasteiger partial charge in [-0.2, -0.15) is 0 Å². The van der Waals surface area contributed by atoms with Gasteiger partial charge in [0.1, 0.15) is 0 Å². The van der Waals surface area contributed by atoms with Gasteiger partial charge >= 0.3 is 0 Å². The standard InChI is InChI=1S/C29H31N5OS/c35-28(34-18-13-24(14-19-34)33-16-4-1-5-17-33)21-8-10-23(11-9-21)31-29-30-15-12-25(32-29)27-20-22-6-2-3-7-26(22)36-27/h2-3,6-12,15,20,24H,1,4-5,13-14,16-19H2,(H,30,31,32). The number of likely N-dealkylation sites (tertiary alicyclic amines) is 2. The number of fused-ring (bicyclic) bond motifs is 1. The van der Waals surface area contributed by atoms with Crippen molar-refractivity contribution >= 4 is 39.0 Å². The smallest absolute Gasteiger partial charge is 0.253 e. The molecule has 7 heteroatoms. The Bertz CT molecular complexity index is 1300. The number of nitrogens with one attached hydrogen (secondary N) is 1. The average molecular weight is 498 g/mol. The molecular weight excluding hydrogens is 466 g/mol. The van der Waals surface area contributed by atoms with Crippen molar-refractivity contribution < 1.29 is 4.79 Å². The Morgan fingerprint density at radius 2 is 1.69 bits per heavy atom. The van der Waals surface area contributed by atoms with E-state index >= 15 is 0 Å². The third kappa shape index (κ3) is 4.99. The lowest BCUT2D eigenvalue weighted by Crippen LogP contribution is -2.48. The Kier molecular flexibility index (Phi) is 6.66. The predicted molar refractivity (Wildman–Crippen MR) is 147 cm³/mol. The average Bonchev–Trinajstić information content (AvgIpc) is 3.39. The van der Waals surface area contributed by atoms with Gasteiger partial charge in [-0.3, -0.25) is 4.79 Å². The van der Waals surface area contributed by atoms with E-state index in [1.54, 1.807) is 17.5 Å². The molecule has 0 radical (unpaired) electrons. The van der Waals surface area contributed by atoms with E-state index < -0.39 is 0 Å². The van der Waals surface area contributed by atoms with Gasteiger partial charge in [-0.15, -0.1) is 11.3 Å². The second kappa shape index (κ2) is 10.4. The van der Waals surface area contributed by atoms with E-state index in [0.29, 0.717) is 12.0 Å². The molecule has 2 aliphatic rings. The van der Waals surface area contributed by atoms with Crippen LogP contribution in [0.1, 0.15) is 42.5 Å². The molecule has 2 saturated heterocycles. The van der Waals surface area contributed by atoms with E-state index in [-0.39, 0.29) is 5.91 Å². The third-order valence-corrected chi connectivity index (χ3v) is 8.52. The first-order chi connectivity index (χ1) is 17.7. The molecule has 36 heavy (non-hydrogen) atoms. The van der Waals surface area contributed by atoms with Crippen LogP contribution in [-0.4, -0.2) is 57.9 Å². The molecule has 1 amide bonds. The molecule has 0 atom stereocenters. The molecule has 6 rings (SSSR count). The van der Waals surface area contributed by atoms with Crippen molar-refractivity contribution in [2.75, 3.05) is 31.5 Å². The molecule has 2 aromatic carbocycles. The molecule has 2 fully saturated rings. The van der Waals surface area contributed by atoms with Gasteiger partial charge in [-0.1, -0.05) is 24.6 Å². The lowest BCUT2D eigenvalue weighted by atomic mass is 9.99. The molecule has 184 valence electrons. The quantitative estimate of drug-likeness (QED) is 0.356. The van der Waals surface area contributed by atoms with Crippen LogP contribution in [0.25, 0.3) is 20.7 Å². The molecule has 1 N–H and O–H groups in total. The zero-order valence-corrected chi connectivity index (χ0v) is 21.2. The summed E-state index contributed by atoms with van der Waals surface area (Å²) in [6, 6.07) is 20.8. The molecule has 4 heterocycles. The molecule has 2 aliphatic heterocycles. The topological polar surface area (TPSA) is 61.4 Å². The molecule has 0 saturated carbocycles. The van der Waals surface area contributed by atoms with Gasteiger partial charge < -0.3 is 15.1 Å². The number of amides is 1. The number of carbonyl (C=O) groups is 1. The summed E-state index contributed by atoms with van der Waals surface area (Å²) in [5.74, 6) is 0.672. The Labute approximate surface area is 216 Å². The van der Waals surface area contributed by atoms with Crippen molar-refractivity contribution in [1.29, 1.82) is 0 Å². The van der Waals surface area contributed by atoms with Crippen molar-refractivity contribution in [2.45, 2.75) is 38.1 Å². The number of benzene rings is 2. The molecule has 0 spiro atoms. The van der Waals surface area contributed by atoms with Crippen LogP contribution in [0.3, 0.4) is 0 Å². The summed E-state index contributed by atoms with van der Waals surface area (Å²) in [6.45, 7) is 4.14. The van der Waals surface area contributed by atoms with E-state index in [2.05, 4.69) is 45.5 Å². The van der Waals surface area contributed by atoms with Crippen molar-refractivity contribution in [3.05, 3.63) is 72.4 Å². The summed E-state index contributed by atoms with van der Waals surface area (Å²) in [5, 5.41) is 4.51. The van der Waals surface area contributed by atoms with Crippen LogP contribution in [-0.2, 0) is 0 Å².